The number of hydrogen-bond acceptors (Lipinski definition) is 13. The van der Waals surface area contributed by atoms with E-state index < -0.39 is 69.5 Å². The molecule has 0 bridgehead atoms. The van der Waals surface area contributed by atoms with Crippen LogP contribution in [0.15, 0.2) is 10.5 Å². The first-order valence-electron chi connectivity index (χ1n) is 10.3. The number of nitrogens with one attached hydrogen (secondary N) is 1. The van der Waals surface area contributed by atoms with Crippen LogP contribution in [0.3, 0.4) is 0 Å². The van der Waals surface area contributed by atoms with Crippen LogP contribution < -0.4 is 11.1 Å². The summed E-state index contributed by atoms with van der Waals surface area (Å²) in [5.74, 6) is -3.95. The number of carbonyl (C=O) groups is 4. The number of nitrogens with two attached hydrogens (primary N) is 1. The van der Waals surface area contributed by atoms with Gasteiger partial charge in [0.2, 0.25) is 5.60 Å². The summed E-state index contributed by atoms with van der Waals surface area (Å²) in [7, 11) is -3.98. The fraction of sp³-hybridized carbons (Fsp3) is 0.579. The lowest BCUT2D eigenvalue weighted by atomic mass is 9.95. The number of hydrogen-bond donors (Lipinski definition) is 3. The maximum atomic E-state index is 13.1. The number of rotatable bonds is 9. The zero-order valence-corrected chi connectivity index (χ0v) is 21.9. The van der Waals surface area contributed by atoms with Gasteiger partial charge < -0.3 is 25.4 Å². The van der Waals surface area contributed by atoms with Gasteiger partial charge in [0.05, 0.1) is 19.6 Å². The van der Waals surface area contributed by atoms with E-state index in [2.05, 4.69) is 20.2 Å². The minimum absolute atomic E-state index is 0.0502. The second-order valence-electron chi connectivity index (χ2n) is 9.02. The number of thiazole rings is 1. The van der Waals surface area contributed by atoms with Gasteiger partial charge in [0.1, 0.15) is 17.3 Å². The SMILES string of the molecule is COC(=O)C[C@@H]1[C@@H](NC(=O)C(=NOC(C)(C)C(=O)OC(C)(C)C)c2csc(N)n2)C(=O)N1S(=O)(=O)O. The van der Waals surface area contributed by atoms with Gasteiger partial charge in [-0.05, 0) is 34.6 Å². The van der Waals surface area contributed by atoms with Crippen LogP contribution in [0.25, 0.3) is 0 Å². The van der Waals surface area contributed by atoms with Gasteiger partial charge in [0.15, 0.2) is 10.8 Å². The molecule has 0 saturated carbocycles. The average molecular weight is 550 g/mol. The van der Waals surface area contributed by atoms with E-state index in [9.17, 15) is 32.1 Å². The van der Waals surface area contributed by atoms with Crippen LogP contribution in [0.1, 0.15) is 46.7 Å². The van der Waals surface area contributed by atoms with Crippen molar-refractivity contribution in [3.8, 4) is 0 Å². The number of amides is 2. The van der Waals surface area contributed by atoms with Gasteiger partial charge in [-0.1, -0.05) is 5.16 Å². The minimum Gasteiger partial charge on any atom is -0.469 e. The van der Waals surface area contributed by atoms with Crippen LogP contribution in [0.4, 0.5) is 5.13 Å². The van der Waals surface area contributed by atoms with Crippen LogP contribution in [-0.4, -0.2) is 82.1 Å². The van der Waals surface area contributed by atoms with E-state index in [0.29, 0.717) is 0 Å². The van der Waals surface area contributed by atoms with Gasteiger partial charge in [-0.3, -0.25) is 18.9 Å². The Morgan fingerprint density at radius 1 is 1.28 bits per heavy atom. The molecule has 1 aliphatic rings. The molecule has 1 fully saturated rings. The van der Waals surface area contributed by atoms with Crippen LogP contribution in [0, 0.1) is 0 Å². The molecule has 36 heavy (non-hydrogen) atoms. The molecule has 15 nitrogen and oxygen atoms in total. The molecule has 200 valence electrons. The van der Waals surface area contributed by atoms with Crippen molar-refractivity contribution in [1.29, 1.82) is 0 Å². The van der Waals surface area contributed by atoms with Gasteiger partial charge in [0, 0.05) is 5.38 Å². The van der Waals surface area contributed by atoms with Crippen LogP contribution in [0.2, 0.25) is 0 Å². The first-order valence-corrected chi connectivity index (χ1v) is 12.5. The standard InChI is InChI=1S/C19H27N5O10S2/c1-18(2,3)33-16(28)19(4,5)34-23-12(9-8-35-17(20)21-9)14(26)22-13-10(7-11(25)32-6)24(15(13)27)36(29,30)31/h8,10,13H,7H2,1-6H3,(H2,20,21)(H,22,26)(H,29,30,31)/t10-,13-/m1/s1. The monoisotopic (exact) mass is 549 g/mol. The van der Waals surface area contributed by atoms with Gasteiger partial charge in [0.25, 0.3) is 11.8 Å². The summed E-state index contributed by atoms with van der Waals surface area (Å²) in [5.41, 5.74) is 2.58. The molecule has 2 atom stereocenters. The summed E-state index contributed by atoms with van der Waals surface area (Å²) >= 11 is 0.962. The number of methoxy groups -OCH3 is 1. The topological polar surface area (TPSA) is 217 Å². The van der Waals surface area contributed by atoms with Gasteiger partial charge in [-0.25, -0.2) is 14.1 Å². The first-order chi connectivity index (χ1) is 16.4. The van der Waals surface area contributed by atoms with E-state index in [4.69, 9.17) is 15.3 Å². The lowest BCUT2D eigenvalue weighted by Crippen LogP contribution is -2.72. The molecule has 1 saturated heterocycles. The highest BCUT2D eigenvalue weighted by Gasteiger charge is 2.55. The molecular weight excluding hydrogens is 522 g/mol. The Morgan fingerprint density at radius 3 is 2.36 bits per heavy atom. The zero-order valence-electron chi connectivity index (χ0n) is 20.3. The van der Waals surface area contributed by atoms with Gasteiger partial charge in [-0.15, -0.1) is 11.3 Å². The summed E-state index contributed by atoms with van der Waals surface area (Å²) in [5, 5.41) is 7.41. The summed E-state index contributed by atoms with van der Waals surface area (Å²) in [6.45, 7) is 7.65. The summed E-state index contributed by atoms with van der Waals surface area (Å²) in [6.07, 6.45) is -0.648. The minimum atomic E-state index is -5.02. The summed E-state index contributed by atoms with van der Waals surface area (Å²) in [6, 6.07) is -3.01. The number of nitrogen functional groups attached to an aromatic ring is 1. The molecule has 2 rings (SSSR count). The number of ether oxygens (including phenoxy) is 2. The molecule has 1 aliphatic heterocycles. The molecule has 1 aromatic rings. The quantitative estimate of drug-likeness (QED) is 0.118. The predicted molar refractivity (Wildman–Crippen MR) is 125 cm³/mol. The molecule has 0 aliphatic carbocycles. The Bertz CT molecular complexity index is 1190. The molecule has 2 amide bonds. The number of esters is 2. The van der Waals surface area contributed by atoms with E-state index in [1.54, 1.807) is 20.8 Å². The fourth-order valence-electron chi connectivity index (χ4n) is 2.82. The van der Waals surface area contributed by atoms with E-state index in [-0.39, 0.29) is 15.1 Å². The molecule has 1 aromatic heterocycles. The van der Waals surface area contributed by atoms with Crippen molar-refractivity contribution in [2.75, 3.05) is 12.8 Å². The highest BCUT2D eigenvalue weighted by atomic mass is 32.2. The van der Waals surface area contributed by atoms with Gasteiger partial charge in [-0.2, -0.15) is 8.42 Å². The molecule has 0 unspecified atom stereocenters. The Hall–Kier alpha value is -3.31. The highest BCUT2D eigenvalue weighted by Crippen LogP contribution is 2.27. The molecule has 17 heteroatoms. The molecule has 0 aromatic carbocycles. The van der Waals surface area contributed by atoms with Crippen molar-refractivity contribution in [1.82, 2.24) is 14.6 Å². The van der Waals surface area contributed by atoms with Crippen LogP contribution in [0.5, 0.6) is 0 Å². The van der Waals surface area contributed by atoms with Crippen molar-refractivity contribution < 1.29 is 46.5 Å². The summed E-state index contributed by atoms with van der Waals surface area (Å²) in [4.78, 5) is 58.8. The second kappa shape index (κ2) is 10.4. The Balaban J connectivity index is 2.34. The molecular formula is C19H27N5O10S2. The lowest BCUT2D eigenvalue weighted by molar-refractivity contribution is -0.179. The Labute approximate surface area is 210 Å². The second-order valence-corrected chi connectivity index (χ2v) is 11.2. The van der Waals surface area contributed by atoms with E-state index in [1.165, 1.54) is 19.2 Å². The van der Waals surface area contributed by atoms with Gasteiger partial charge >= 0.3 is 22.2 Å². The zero-order chi connectivity index (χ0) is 27.6. The third kappa shape index (κ3) is 6.88. The molecule has 2 heterocycles. The summed E-state index contributed by atoms with van der Waals surface area (Å²) < 4.78 is 42.2. The number of nitrogens with zero attached hydrogens (tertiary/aromatic N) is 3. The van der Waals surface area contributed by atoms with E-state index in [0.717, 1.165) is 18.4 Å². The maximum Gasteiger partial charge on any atom is 0.362 e. The third-order valence-corrected chi connectivity index (χ3v) is 6.16. The van der Waals surface area contributed by atoms with E-state index >= 15 is 0 Å². The molecule has 0 spiro atoms. The Kier molecular flexibility index (Phi) is 8.32. The number of anilines is 1. The average Bonchev–Trinajstić information content (AvgIpc) is 3.15. The van der Waals surface area contributed by atoms with Crippen molar-refractivity contribution in [2.45, 2.75) is 64.3 Å². The van der Waals surface area contributed by atoms with Crippen molar-refractivity contribution in [3.63, 3.8) is 0 Å². The van der Waals surface area contributed by atoms with E-state index in [1.807, 2.05) is 0 Å². The molecule has 4 N–H and O–H groups in total. The first kappa shape index (κ1) is 28.9. The predicted octanol–water partition coefficient (Wildman–Crippen LogP) is -0.372. The lowest BCUT2D eigenvalue weighted by Gasteiger charge is -2.43. The van der Waals surface area contributed by atoms with Crippen molar-refractivity contribution in [2.24, 2.45) is 5.16 Å². The number of carbonyl (C=O) groups excluding carboxylic acids is 4. The highest BCUT2D eigenvalue weighted by molar-refractivity contribution is 7.84. The number of oxime groups is 1. The largest absolute Gasteiger partial charge is 0.469 e. The van der Waals surface area contributed by atoms with Crippen LogP contribution in [-0.2, 0) is 43.8 Å². The smallest absolute Gasteiger partial charge is 0.362 e. The number of β-lactam (4-membered cyclic amide) rings is 1. The fourth-order valence-corrected chi connectivity index (χ4v) is 4.25. The Morgan fingerprint density at radius 2 is 1.89 bits per heavy atom. The third-order valence-electron chi connectivity index (χ3n) is 4.54. The van der Waals surface area contributed by atoms with Crippen LogP contribution >= 0.6 is 11.3 Å². The number of aromatic nitrogens is 1. The van der Waals surface area contributed by atoms with Crippen molar-refractivity contribution >= 4 is 56.2 Å². The maximum absolute atomic E-state index is 13.1. The normalized spacial score (nSPS) is 18.8. The van der Waals surface area contributed by atoms with Crippen molar-refractivity contribution in [3.05, 3.63) is 11.1 Å². The molecule has 0 radical (unpaired) electrons.